The van der Waals surface area contributed by atoms with E-state index in [0.717, 1.165) is 32.6 Å². The Morgan fingerprint density at radius 3 is 2.68 bits per heavy atom. The fourth-order valence-electron chi connectivity index (χ4n) is 2.66. The summed E-state index contributed by atoms with van der Waals surface area (Å²) >= 11 is 0. The highest BCUT2D eigenvalue weighted by Gasteiger charge is 2.27. The Balaban J connectivity index is 1.79. The first kappa shape index (κ1) is 14.5. The number of piperidine rings is 1. The van der Waals surface area contributed by atoms with Crippen molar-refractivity contribution in [2.45, 2.75) is 39.0 Å². The number of hydrogen-bond acceptors (Lipinski definition) is 3. The highest BCUT2D eigenvalue weighted by Crippen LogP contribution is 2.19. The van der Waals surface area contributed by atoms with E-state index in [1.165, 1.54) is 5.56 Å². The van der Waals surface area contributed by atoms with Crippen LogP contribution in [0.4, 0.5) is 0 Å². The lowest BCUT2D eigenvalue weighted by Crippen LogP contribution is -2.47. The summed E-state index contributed by atoms with van der Waals surface area (Å²) in [5.74, 6) is 0.398. The van der Waals surface area contributed by atoms with Gasteiger partial charge in [-0.05, 0) is 24.4 Å². The van der Waals surface area contributed by atoms with E-state index in [4.69, 9.17) is 0 Å². The summed E-state index contributed by atoms with van der Waals surface area (Å²) in [7, 11) is 0. The van der Waals surface area contributed by atoms with Gasteiger partial charge in [0.2, 0.25) is 0 Å². The van der Waals surface area contributed by atoms with Gasteiger partial charge in [-0.1, -0.05) is 44.2 Å². The minimum Gasteiger partial charge on any atom is -0.391 e. The van der Waals surface area contributed by atoms with Crippen LogP contribution in [-0.2, 0) is 6.54 Å². The molecule has 2 N–H and O–H groups in total. The Hall–Kier alpha value is -0.900. The second-order valence-corrected chi connectivity index (χ2v) is 5.90. The van der Waals surface area contributed by atoms with Crippen LogP contribution in [0.3, 0.4) is 0 Å². The predicted octanol–water partition coefficient (Wildman–Crippen LogP) is 1.87. The number of hydrogen-bond donors (Lipinski definition) is 2. The summed E-state index contributed by atoms with van der Waals surface area (Å²) in [6, 6.07) is 11.0. The fraction of sp³-hybridized carbons (Fsp3) is 0.625. The molecule has 1 fully saturated rings. The number of benzene rings is 1. The Kier molecular flexibility index (Phi) is 5.37. The van der Waals surface area contributed by atoms with E-state index in [1.54, 1.807) is 0 Å². The second kappa shape index (κ2) is 7.04. The average molecular weight is 262 g/mol. The molecule has 1 aliphatic heterocycles. The first-order chi connectivity index (χ1) is 9.15. The molecular weight excluding hydrogens is 236 g/mol. The third-order valence-electron chi connectivity index (χ3n) is 3.84. The monoisotopic (exact) mass is 262 g/mol. The van der Waals surface area contributed by atoms with Crippen molar-refractivity contribution >= 4 is 0 Å². The first-order valence-corrected chi connectivity index (χ1v) is 7.33. The van der Waals surface area contributed by atoms with Crippen LogP contribution in [0.2, 0.25) is 0 Å². The van der Waals surface area contributed by atoms with E-state index in [2.05, 4.69) is 48.3 Å². The van der Waals surface area contributed by atoms with E-state index in [1.807, 2.05) is 6.07 Å². The molecule has 0 unspecified atom stereocenters. The highest BCUT2D eigenvalue weighted by molar-refractivity contribution is 5.14. The number of aliphatic hydroxyl groups excluding tert-OH is 1. The standard InChI is InChI=1S/C16H26N2O/c1-13(2)17-10-15-8-9-18(12-16(15)19)11-14-6-4-3-5-7-14/h3-7,13,15-17,19H,8-12H2,1-2H3/t15-,16+/m0/s1. The fourth-order valence-corrected chi connectivity index (χ4v) is 2.66. The first-order valence-electron chi connectivity index (χ1n) is 7.33. The zero-order valence-corrected chi connectivity index (χ0v) is 12.0. The maximum atomic E-state index is 10.2. The molecule has 1 saturated heterocycles. The van der Waals surface area contributed by atoms with Gasteiger partial charge >= 0.3 is 0 Å². The Morgan fingerprint density at radius 2 is 2.05 bits per heavy atom. The molecule has 2 rings (SSSR count). The molecule has 3 heteroatoms. The summed E-state index contributed by atoms with van der Waals surface area (Å²) in [6.45, 7) is 8.05. The third kappa shape index (κ3) is 4.60. The van der Waals surface area contributed by atoms with Crippen molar-refractivity contribution in [2.75, 3.05) is 19.6 Å². The van der Waals surface area contributed by atoms with Crippen LogP contribution in [0.1, 0.15) is 25.8 Å². The predicted molar refractivity (Wildman–Crippen MR) is 79.0 cm³/mol. The molecule has 1 heterocycles. The molecular formula is C16H26N2O. The van der Waals surface area contributed by atoms with E-state index < -0.39 is 0 Å². The number of β-amino-alcohol motifs (C(OH)–C–C–N with tert-alkyl or cyclic N) is 1. The van der Waals surface area contributed by atoms with Crippen LogP contribution in [0.15, 0.2) is 30.3 Å². The van der Waals surface area contributed by atoms with Gasteiger partial charge in [0.25, 0.3) is 0 Å². The SMILES string of the molecule is CC(C)NC[C@@H]1CCN(Cc2ccccc2)C[C@H]1O. The van der Waals surface area contributed by atoms with E-state index in [-0.39, 0.29) is 6.10 Å². The van der Waals surface area contributed by atoms with Crippen molar-refractivity contribution in [3.05, 3.63) is 35.9 Å². The third-order valence-corrected chi connectivity index (χ3v) is 3.84. The lowest BCUT2D eigenvalue weighted by molar-refractivity contribution is 0.0183. The van der Waals surface area contributed by atoms with Crippen molar-refractivity contribution in [1.29, 1.82) is 0 Å². The summed E-state index contributed by atoms with van der Waals surface area (Å²) in [5.41, 5.74) is 1.33. The van der Waals surface area contributed by atoms with E-state index in [0.29, 0.717) is 12.0 Å². The van der Waals surface area contributed by atoms with E-state index >= 15 is 0 Å². The summed E-state index contributed by atoms with van der Waals surface area (Å²) in [4.78, 5) is 2.35. The lowest BCUT2D eigenvalue weighted by atomic mass is 9.93. The molecule has 1 aliphatic rings. The highest BCUT2D eigenvalue weighted by atomic mass is 16.3. The quantitative estimate of drug-likeness (QED) is 0.850. The van der Waals surface area contributed by atoms with Crippen LogP contribution in [-0.4, -0.2) is 41.8 Å². The topological polar surface area (TPSA) is 35.5 Å². The second-order valence-electron chi connectivity index (χ2n) is 5.90. The van der Waals surface area contributed by atoms with Crippen molar-refractivity contribution in [1.82, 2.24) is 10.2 Å². The van der Waals surface area contributed by atoms with Crippen LogP contribution >= 0.6 is 0 Å². The molecule has 1 aromatic carbocycles. The van der Waals surface area contributed by atoms with E-state index in [9.17, 15) is 5.11 Å². The molecule has 0 saturated carbocycles. The summed E-state index contributed by atoms with van der Waals surface area (Å²) in [6.07, 6.45) is 0.872. The Labute approximate surface area is 116 Å². The molecule has 0 spiro atoms. The maximum Gasteiger partial charge on any atom is 0.0707 e. The van der Waals surface area contributed by atoms with Crippen LogP contribution in [0, 0.1) is 5.92 Å². The summed E-state index contributed by atoms with van der Waals surface area (Å²) in [5, 5.41) is 13.7. The van der Waals surface area contributed by atoms with Gasteiger partial charge in [0.1, 0.15) is 0 Å². The normalized spacial score (nSPS) is 24.8. The smallest absolute Gasteiger partial charge is 0.0707 e. The molecule has 0 amide bonds. The van der Waals surface area contributed by atoms with Gasteiger partial charge in [0, 0.05) is 25.7 Å². The molecule has 0 aliphatic carbocycles. The molecule has 0 aromatic heterocycles. The van der Waals surface area contributed by atoms with Crippen molar-refractivity contribution in [2.24, 2.45) is 5.92 Å². The minimum atomic E-state index is -0.205. The lowest BCUT2D eigenvalue weighted by Gasteiger charge is -2.36. The van der Waals surface area contributed by atoms with Crippen LogP contribution in [0.25, 0.3) is 0 Å². The zero-order chi connectivity index (χ0) is 13.7. The zero-order valence-electron chi connectivity index (χ0n) is 12.0. The van der Waals surface area contributed by atoms with Gasteiger partial charge in [-0.3, -0.25) is 4.90 Å². The molecule has 3 nitrogen and oxygen atoms in total. The molecule has 106 valence electrons. The number of nitrogens with zero attached hydrogens (tertiary/aromatic N) is 1. The van der Waals surface area contributed by atoms with Gasteiger partial charge in [0.05, 0.1) is 6.10 Å². The van der Waals surface area contributed by atoms with Gasteiger partial charge < -0.3 is 10.4 Å². The summed E-state index contributed by atoms with van der Waals surface area (Å²) < 4.78 is 0. The number of likely N-dealkylation sites (tertiary alicyclic amines) is 1. The Bertz CT molecular complexity index is 366. The molecule has 19 heavy (non-hydrogen) atoms. The van der Waals surface area contributed by atoms with Crippen LogP contribution in [0.5, 0.6) is 0 Å². The average Bonchev–Trinajstić information content (AvgIpc) is 2.39. The van der Waals surface area contributed by atoms with Gasteiger partial charge in [-0.2, -0.15) is 0 Å². The molecule has 0 radical (unpaired) electrons. The minimum absolute atomic E-state index is 0.205. The number of aliphatic hydroxyl groups is 1. The van der Waals surface area contributed by atoms with Crippen molar-refractivity contribution in [3.8, 4) is 0 Å². The largest absolute Gasteiger partial charge is 0.391 e. The Morgan fingerprint density at radius 1 is 1.32 bits per heavy atom. The molecule has 1 aromatic rings. The van der Waals surface area contributed by atoms with Gasteiger partial charge in [0.15, 0.2) is 0 Å². The van der Waals surface area contributed by atoms with Crippen molar-refractivity contribution in [3.63, 3.8) is 0 Å². The number of rotatable bonds is 5. The van der Waals surface area contributed by atoms with Crippen molar-refractivity contribution < 1.29 is 5.11 Å². The van der Waals surface area contributed by atoms with Gasteiger partial charge in [-0.15, -0.1) is 0 Å². The van der Waals surface area contributed by atoms with Crippen LogP contribution < -0.4 is 5.32 Å². The molecule has 2 atom stereocenters. The molecule has 0 bridgehead atoms. The maximum absolute atomic E-state index is 10.2. The number of nitrogens with one attached hydrogen (secondary N) is 1. The van der Waals surface area contributed by atoms with Gasteiger partial charge in [-0.25, -0.2) is 0 Å².